The molecule has 1 aromatic carbocycles. The fourth-order valence-corrected chi connectivity index (χ4v) is 4.88. The number of carbonyl (C=O) groups is 1. The van der Waals surface area contributed by atoms with E-state index in [0.717, 1.165) is 18.4 Å². The maximum Gasteiger partial charge on any atom is 0.306 e. The van der Waals surface area contributed by atoms with E-state index in [-0.39, 0.29) is 36.9 Å². The number of halogens is 2. The van der Waals surface area contributed by atoms with Gasteiger partial charge in [-0.15, -0.1) is 0 Å². The van der Waals surface area contributed by atoms with Crippen LogP contribution in [0.25, 0.3) is 0 Å². The van der Waals surface area contributed by atoms with Gasteiger partial charge in [-0.2, -0.15) is 0 Å². The van der Waals surface area contributed by atoms with Crippen LogP contribution < -0.4 is 0 Å². The first kappa shape index (κ1) is 28.5. The minimum absolute atomic E-state index is 0.0908. The summed E-state index contributed by atoms with van der Waals surface area (Å²) < 4.78 is 42.1. The van der Waals surface area contributed by atoms with Crippen molar-refractivity contribution in [1.29, 1.82) is 0 Å². The summed E-state index contributed by atoms with van der Waals surface area (Å²) >= 11 is 0. The number of hydrogen-bond donors (Lipinski definition) is 0. The van der Waals surface area contributed by atoms with Crippen LogP contribution in [0, 0.1) is 11.8 Å². The number of alkyl halides is 2. The van der Waals surface area contributed by atoms with Crippen LogP contribution in [0.5, 0.6) is 0 Å². The van der Waals surface area contributed by atoms with Gasteiger partial charge >= 0.3 is 5.97 Å². The van der Waals surface area contributed by atoms with E-state index in [2.05, 4.69) is 12.2 Å². The molecule has 0 N–H and O–H groups in total. The molecule has 0 spiro atoms. The quantitative estimate of drug-likeness (QED) is 0.133. The van der Waals surface area contributed by atoms with Crippen molar-refractivity contribution in [2.45, 2.75) is 96.1 Å². The molecule has 1 heterocycles. The third-order valence-corrected chi connectivity index (χ3v) is 6.85. The van der Waals surface area contributed by atoms with Crippen LogP contribution in [-0.4, -0.2) is 36.8 Å². The van der Waals surface area contributed by atoms with Gasteiger partial charge < -0.3 is 9.47 Å². The molecule has 0 saturated heterocycles. The van der Waals surface area contributed by atoms with Gasteiger partial charge in [0.25, 0.3) is 5.92 Å². The molecule has 5 unspecified atom stereocenters. The Labute approximate surface area is 213 Å². The van der Waals surface area contributed by atoms with E-state index >= 15 is 8.78 Å². The van der Waals surface area contributed by atoms with E-state index in [9.17, 15) is 4.79 Å². The molecule has 2 aliphatic rings. The Hall–Kier alpha value is -2.09. The van der Waals surface area contributed by atoms with Gasteiger partial charge in [-0.25, -0.2) is 18.6 Å². The first-order valence-electron chi connectivity index (χ1n) is 13.3. The number of ether oxygens (including phenoxy) is 2. The number of benzene rings is 1. The van der Waals surface area contributed by atoms with Crippen LogP contribution in [-0.2, 0) is 30.7 Å². The Morgan fingerprint density at radius 1 is 1.19 bits per heavy atom. The molecular formula is C29H40F2O5. The summed E-state index contributed by atoms with van der Waals surface area (Å²) in [6.45, 7) is 4.17. The molecule has 1 fully saturated rings. The summed E-state index contributed by atoms with van der Waals surface area (Å²) in [4.78, 5) is 23.2. The largest absolute Gasteiger partial charge is 0.462 e. The normalized spacial score (nSPS) is 26.1. The van der Waals surface area contributed by atoms with Gasteiger partial charge in [-0.05, 0) is 38.2 Å². The first-order valence-corrected chi connectivity index (χ1v) is 13.3. The lowest BCUT2D eigenvalue weighted by Crippen LogP contribution is -2.35. The topological polar surface area (TPSA) is 54.0 Å². The average molecular weight is 507 g/mol. The maximum absolute atomic E-state index is 15.2. The second-order valence-electron chi connectivity index (χ2n) is 9.61. The summed E-state index contributed by atoms with van der Waals surface area (Å²) in [5.74, 6) is -3.60. The monoisotopic (exact) mass is 506 g/mol. The average Bonchev–Trinajstić information content (AvgIpc) is 3.19. The Bertz CT molecular complexity index is 841. The highest BCUT2D eigenvalue weighted by Gasteiger charge is 2.46. The zero-order valence-electron chi connectivity index (χ0n) is 21.5. The molecule has 0 aromatic heterocycles. The molecule has 1 aliphatic carbocycles. The van der Waals surface area contributed by atoms with Gasteiger partial charge in [0.1, 0.15) is 18.3 Å². The molecular weight excluding hydrogens is 466 g/mol. The summed E-state index contributed by atoms with van der Waals surface area (Å²) in [5, 5.41) is 0. The Balaban J connectivity index is 1.84. The van der Waals surface area contributed by atoms with Crippen LogP contribution in [0.1, 0.15) is 70.8 Å². The molecule has 0 amide bonds. The predicted molar refractivity (Wildman–Crippen MR) is 134 cm³/mol. The fourth-order valence-electron chi connectivity index (χ4n) is 4.88. The second kappa shape index (κ2) is 14.6. The van der Waals surface area contributed by atoms with Crippen molar-refractivity contribution < 1.29 is 32.8 Å². The smallest absolute Gasteiger partial charge is 0.306 e. The minimum Gasteiger partial charge on any atom is -0.462 e. The molecule has 1 saturated carbocycles. The highest BCUT2D eigenvalue weighted by atomic mass is 19.3. The molecule has 5 atom stereocenters. The van der Waals surface area contributed by atoms with Crippen LogP contribution in [0.2, 0.25) is 0 Å². The molecule has 1 aliphatic heterocycles. The Kier molecular flexibility index (Phi) is 11.5. The van der Waals surface area contributed by atoms with E-state index < -0.39 is 18.1 Å². The van der Waals surface area contributed by atoms with E-state index in [1.165, 1.54) is 6.08 Å². The zero-order valence-corrected chi connectivity index (χ0v) is 21.5. The lowest BCUT2D eigenvalue weighted by molar-refractivity contribution is -0.326. The van der Waals surface area contributed by atoms with Crippen LogP contribution in [0.4, 0.5) is 8.78 Å². The number of carbonyl (C=O) groups excluding carboxylic acids is 1. The standard InChI is InChI=1S/C29H40F2O5/c1-3-5-19-29(30,31)27(33-21-22-13-9-8-10-14-22)18-17-24-23-15-11-6-7-12-16-28(32)35-25(23)20-26(24)36-34-4-2/h6,8-11,13-14,17-18,23-27H,3-5,7,12,15-16,19-21H2,1-2H3. The van der Waals surface area contributed by atoms with E-state index in [1.54, 1.807) is 6.08 Å². The van der Waals surface area contributed by atoms with E-state index in [4.69, 9.17) is 19.2 Å². The number of rotatable bonds is 12. The molecule has 1 aromatic rings. The van der Waals surface area contributed by atoms with Crippen molar-refractivity contribution in [2.75, 3.05) is 6.61 Å². The highest BCUT2D eigenvalue weighted by Crippen LogP contribution is 2.41. The van der Waals surface area contributed by atoms with Crippen molar-refractivity contribution in [2.24, 2.45) is 11.8 Å². The third-order valence-electron chi connectivity index (χ3n) is 6.85. The van der Waals surface area contributed by atoms with Gasteiger partial charge in [0.2, 0.25) is 0 Å². The second-order valence-corrected chi connectivity index (χ2v) is 9.61. The molecule has 7 heteroatoms. The lowest BCUT2D eigenvalue weighted by atomic mass is 9.89. The Morgan fingerprint density at radius 3 is 2.75 bits per heavy atom. The fraction of sp³-hybridized carbons (Fsp3) is 0.621. The van der Waals surface area contributed by atoms with E-state index in [0.29, 0.717) is 38.7 Å². The summed E-state index contributed by atoms with van der Waals surface area (Å²) in [5.41, 5.74) is 0.838. The van der Waals surface area contributed by atoms with Gasteiger partial charge in [-0.1, -0.05) is 68.0 Å². The summed E-state index contributed by atoms with van der Waals surface area (Å²) in [7, 11) is 0. The molecule has 36 heavy (non-hydrogen) atoms. The zero-order chi connectivity index (χ0) is 25.8. The SMILES string of the molecule is CCCCC(F)(F)C(C=CC1C(OOCC)CC2OC(=O)CCCC=CCC21)OCc1ccccc1. The molecule has 3 rings (SSSR count). The third kappa shape index (κ3) is 8.49. The number of fused-ring (bicyclic) bond motifs is 1. The molecule has 0 bridgehead atoms. The number of hydrogen-bond acceptors (Lipinski definition) is 5. The van der Waals surface area contributed by atoms with Crippen molar-refractivity contribution in [3.63, 3.8) is 0 Å². The van der Waals surface area contributed by atoms with Crippen LogP contribution >= 0.6 is 0 Å². The first-order chi connectivity index (χ1) is 17.4. The predicted octanol–water partition coefficient (Wildman–Crippen LogP) is 6.97. The van der Waals surface area contributed by atoms with Gasteiger partial charge in [-0.3, -0.25) is 4.79 Å². The van der Waals surface area contributed by atoms with Gasteiger partial charge in [0, 0.05) is 31.1 Å². The molecule has 0 radical (unpaired) electrons. The van der Waals surface area contributed by atoms with E-state index in [1.807, 2.05) is 44.2 Å². The van der Waals surface area contributed by atoms with Crippen LogP contribution in [0.15, 0.2) is 54.6 Å². The number of unbranched alkanes of at least 4 members (excludes halogenated alkanes) is 1. The van der Waals surface area contributed by atoms with Gasteiger partial charge in [0.05, 0.1) is 13.2 Å². The minimum atomic E-state index is -3.02. The number of allylic oxidation sites excluding steroid dienone is 2. The van der Waals surface area contributed by atoms with Crippen molar-refractivity contribution in [1.82, 2.24) is 0 Å². The lowest BCUT2D eigenvalue weighted by Gasteiger charge is -2.27. The van der Waals surface area contributed by atoms with Crippen molar-refractivity contribution in [3.05, 3.63) is 60.2 Å². The number of esters is 1. The maximum atomic E-state index is 15.2. The van der Waals surface area contributed by atoms with Crippen molar-refractivity contribution >= 4 is 5.97 Å². The summed E-state index contributed by atoms with van der Waals surface area (Å²) in [6.07, 6.45) is 9.20. The van der Waals surface area contributed by atoms with Crippen molar-refractivity contribution in [3.8, 4) is 0 Å². The highest BCUT2D eigenvalue weighted by molar-refractivity contribution is 5.69. The molecule has 5 nitrogen and oxygen atoms in total. The van der Waals surface area contributed by atoms with Gasteiger partial charge in [0.15, 0.2) is 0 Å². The molecule has 200 valence electrons. The van der Waals surface area contributed by atoms with Crippen LogP contribution in [0.3, 0.4) is 0 Å². The summed E-state index contributed by atoms with van der Waals surface area (Å²) in [6, 6.07) is 9.33. The Morgan fingerprint density at radius 2 is 2.00 bits per heavy atom.